The van der Waals surface area contributed by atoms with Gasteiger partial charge in [0.25, 0.3) is 5.91 Å². The lowest BCUT2D eigenvalue weighted by Gasteiger charge is -2.15. The molecule has 1 atom stereocenters. The van der Waals surface area contributed by atoms with E-state index in [1.807, 2.05) is 13.0 Å². The van der Waals surface area contributed by atoms with Crippen molar-refractivity contribution in [2.24, 2.45) is 0 Å². The van der Waals surface area contributed by atoms with E-state index < -0.39 is 23.9 Å². The van der Waals surface area contributed by atoms with Crippen molar-refractivity contribution in [1.82, 2.24) is 30.0 Å². The fraction of sp³-hybridized carbons (Fsp3) is 0.238. The summed E-state index contributed by atoms with van der Waals surface area (Å²) in [5, 5.41) is 17.5. The summed E-state index contributed by atoms with van der Waals surface area (Å²) in [6.07, 6.45) is 0.788. The van der Waals surface area contributed by atoms with Gasteiger partial charge in [-0.2, -0.15) is 23.5 Å². The molecule has 1 unspecified atom stereocenters. The zero-order chi connectivity index (χ0) is 23.8. The Morgan fingerprint density at radius 2 is 1.94 bits per heavy atom. The second kappa shape index (κ2) is 8.59. The normalized spacial score (nSPS) is 12.5. The summed E-state index contributed by atoms with van der Waals surface area (Å²) in [6.45, 7) is 3.54. The molecule has 0 bridgehead atoms. The van der Waals surface area contributed by atoms with Gasteiger partial charge in [0, 0.05) is 45.5 Å². The quantitative estimate of drug-likeness (QED) is 0.465. The number of aromatic nitrogens is 5. The summed E-state index contributed by atoms with van der Waals surface area (Å²) < 4.78 is 39.6. The lowest BCUT2D eigenvalue weighted by atomic mass is 10.0. The van der Waals surface area contributed by atoms with Crippen LogP contribution in [0.1, 0.15) is 39.6 Å². The number of benzene rings is 1. The number of nitriles is 1. The van der Waals surface area contributed by atoms with Crippen LogP contribution in [0.5, 0.6) is 0 Å². The highest BCUT2D eigenvalue weighted by Crippen LogP contribution is 2.33. The topological polar surface area (TPSA) is 109 Å². The number of rotatable bonds is 5. The van der Waals surface area contributed by atoms with E-state index >= 15 is 0 Å². The Morgan fingerprint density at radius 1 is 1.21 bits per heavy atom. The van der Waals surface area contributed by atoms with E-state index in [9.17, 15) is 18.0 Å². The van der Waals surface area contributed by atoms with Crippen LogP contribution in [0.3, 0.4) is 0 Å². The average molecular weight is 471 g/mol. The average Bonchev–Trinajstić information content (AvgIpc) is 3.39. The molecule has 0 saturated heterocycles. The van der Waals surface area contributed by atoms with Crippen molar-refractivity contribution in [3.05, 3.63) is 58.7 Å². The van der Waals surface area contributed by atoms with Crippen LogP contribution >= 0.6 is 11.3 Å². The van der Waals surface area contributed by atoms with Gasteiger partial charge in [0.1, 0.15) is 11.6 Å². The van der Waals surface area contributed by atoms with E-state index in [1.54, 1.807) is 31.5 Å². The Bertz CT molecular complexity index is 1370. The number of hydrogen-bond donors (Lipinski definition) is 1. The summed E-state index contributed by atoms with van der Waals surface area (Å²) in [5.41, 5.74) is 1.91. The number of thiazole rings is 1. The van der Waals surface area contributed by atoms with Gasteiger partial charge in [-0.1, -0.05) is 0 Å². The van der Waals surface area contributed by atoms with Crippen molar-refractivity contribution < 1.29 is 18.0 Å². The number of nitrogens with one attached hydrogen (secondary N) is 1. The molecule has 1 N–H and O–H groups in total. The standard InChI is InChI=1S/C21H16F3N7OS/c1-11-7-26-19(33-11)15-5-13(6-17-16(15)10-29-31(17)4-3-25)18(32)30-12(2)14-8-27-20(28-9-14)21(22,23)24/h5-10,12H,4H2,1-2H3,(H,30,32). The third kappa shape index (κ3) is 4.54. The van der Waals surface area contributed by atoms with E-state index in [0.29, 0.717) is 27.2 Å². The van der Waals surface area contributed by atoms with Crippen LogP contribution in [-0.2, 0) is 12.7 Å². The Labute approximate surface area is 189 Å². The van der Waals surface area contributed by atoms with Crippen LogP contribution in [0, 0.1) is 18.3 Å². The molecule has 3 aromatic heterocycles. The first-order chi connectivity index (χ1) is 15.7. The molecule has 1 amide bonds. The lowest BCUT2D eigenvalue weighted by Crippen LogP contribution is -2.27. The highest BCUT2D eigenvalue weighted by atomic mass is 32.1. The van der Waals surface area contributed by atoms with Crippen molar-refractivity contribution in [2.75, 3.05) is 0 Å². The molecule has 0 fully saturated rings. The molecule has 0 spiro atoms. The first kappa shape index (κ1) is 22.3. The maximum Gasteiger partial charge on any atom is 0.451 e. The molecular weight excluding hydrogens is 455 g/mol. The van der Waals surface area contributed by atoms with Gasteiger partial charge in [-0.15, -0.1) is 11.3 Å². The largest absolute Gasteiger partial charge is 0.451 e. The number of alkyl halides is 3. The maximum atomic E-state index is 13.0. The molecule has 0 aliphatic heterocycles. The van der Waals surface area contributed by atoms with Gasteiger partial charge in [-0.3, -0.25) is 9.48 Å². The van der Waals surface area contributed by atoms with Crippen LogP contribution in [0.25, 0.3) is 21.5 Å². The molecule has 8 nitrogen and oxygen atoms in total. The molecule has 4 aromatic rings. The van der Waals surface area contributed by atoms with E-state index in [-0.39, 0.29) is 6.54 Å². The molecule has 33 heavy (non-hydrogen) atoms. The van der Waals surface area contributed by atoms with E-state index in [2.05, 4.69) is 25.4 Å². The molecule has 3 heterocycles. The highest BCUT2D eigenvalue weighted by Gasteiger charge is 2.34. The van der Waals surface area contributed by atoms with Crippen LogP contribution < -0.4 is 5.32 Å². The van der Waals surface area contributed by atoms with Gasteiger partial charge in [0.05, 0.1) is 23.8 Å². The maximum absolute atomic E-state index is 13.0. The smallest absolute Gasteiger partial charge is 0.345 e. The summed E-state index contributed by atoms with van der Waals surface area (Å²) in [7, 11) is 0. The van der Waals surface area contributed by atoms with Gasteiger partial charge in [0.15, 0.2) is 0 Å². The molecule has 4 rings (SSSR count). The number of halogens is 3. The molecule has 12 heteroatoms. The predicted octanol–water partition coefficient (Wildman–Crippen LogP) is 4.29. The zero-order valence-corrected chi connectivity index (χ0v) is 18.2. The second-order valence-electron chi connectivity index (χ2n) is 7.23. The summed E-state index contributed by atoms with van der Waals surface area (Å²) in [6, 6.07) is 4.69. The zero-order valence-electron chi connectivity index (χ0n) is 17.4. The Balaban J connectivity index is 1.67. The predicted molar refractivity (Wildman–Crippen MR) is 114 cm³/mol. The van der Waals surface area contributed by atoms with Crippen LogP contribution in [0.4, 0.5) is 13.2 Å². The third-order valence-electron chi connectivity index (χ3n) is 4.87. The van der Waals surface area contributed by atoms with E-state index in [1.165, 1.54) is 16.0 Å². The Morgan fingerprint density at radius 3 is 2.55 bits per heavy atom. The van der Waals surface area contributed by atoms with Crippen molar-refractivity contribution in [1.29, 1.82) is 5.26 Å². The van der Waals surface area contributed by atoms with Gasteiger partial charge in [0.2, 0.25) is 5.82 Å². The first-order valence-electron chi connectivity index (χ1n) is 9.66. The fourth-order valence-electron chi connectivity index (χ4n) is 3.23. The van der Waals surface area contributed by atoms with Crippen molar-refractivity contribution in [2.45, 2.75) is 32.6 Å². The minimum absolute atomic E-state index is 0.00417. The minimum atomic E-state index is -4.64. The number of hydrogen-bond acceptors (Lipinski definition) is 7. The number of nitrogens with zero attached hydrogens (tertiary/aromatic N) is 6. The number of carbonyl (C=O) groups excluding carboxylic acids is 1. The van der Waals surface area contributed by atoms with Gasteiger partial charge >= 0.3 is 6.18 Å². The molecule has 0 aliphatic carbocycles. The van der Waals surface area contributed by atoms with Crippen LogP contribution in [0.15, 0.2) is 36.9 Å². The van der Waals surface area contributed by atoms with Gasteiger partial charge in [-0.25, -0.2) is 15.0 Å². The Hall–Kier alpha value is -3.85. The summed E-state index contributed by atoms with van der Waals surface area (Å²) in [4.78, 5) is 25.1. The molecule has 1 aromatic carbocycles. The molecular formula is C21H16F3N7OS. The summed E-state index contributed by atoms with van der Waals surface area (Å²) in [5.74, 6) is -1.70. The SMILES string of the molecule is Cc1cnc(-c2cc(C(=O)NC(C)c3cnc(C(F)(F)F)nc3)cc3c2cnn3CC#N)s1. The summed E-state index contributed by atoms with van der Waals surface area (Å²) >= 11 is 1.46. The highest BCUT2D eigenvalue weighted by molar-refractivity contribution is 7.15. The van der Waals surface area contributed by atoms with Crippen LogP contribution in [-0.4, -0.2) is 30.6 Å². The van der Waals surface area contributed by atoms with Crippen molar-refractivity contribution in [3.63, 3.8) is 0 Å². The molecule has 0 aliphatic rings. The van der Waals surface area contributed by atoms with Crippen molar-refractivity contribution >= 4 is 28.1 Å². The fourth-order valence-corrected chi connectivity index (χ4v) is 4.02. The Kier molecular flexibility index (Phi) is 5.82. The van der Waals surface area contributed by atoms with Gasteiger partial charge in [-0.05, 0) is 26.0 Å². The van der Waals surface area contributed by atoms with E-state index in [4.69, 9.17) is 5.26 Å². The number of carbonyl (C=O) groups is 1. The number of fused-ring (bicyclic) bond motifs is 1. The molecule has 0 radical (unpaired) electrons. The first-order valence-corrected chi connectivity index (χ1v) is 10.5. The van der Waals surface area contributed by atoms with Crippen molar-refractivity contribution in [3.8, 4) is 16.6 Å². The van der Waals surface area contributed by atoms with Gasteiger partial charge < -0.3 is 5.32 Å². The van der Waals surface area contributed by atoms with E-state index in [0.717, 1.165) is 22.7 Å². The molecule has 0 saturated carbocycles. The minimum Gasteiger partial charge on any atom is -0.345 e. The third-order valence-corrected chi connectivity index (χ3v) is 5.82. The monoisotopic (exact) mass is 471 g/mol. The molecule has 168 valence electrons. The lowest BCUT2D eigenvalue weighted by molar-refractivity contribution is -0.145. The number of amides is 1. The van der Waals surface area contributed by atoms with Crippen LogP contribution in [0.2, 0.25) is 0 Å². The second-order valence-corrected chi connectivity index (χ2v) is 8.46. The number of aryl methyl sites for hydroxylation is 1.